The Morgan fingerprint density at radius 2 is 2.44 bits per heavy atom. The van der Waals surface area contributed by atoms with E-state index in [1.165, 1.54) is 6.42 Å². The summed E-state index contributed by atoms with van der Waals surface area (Å²) in [6, 6.07) is 0. The lowest BCUT2D eigenvalue weighted by molar-refractivity contribution is 0.498. The Morgan fingerprint density at radius 3 is 2.67 bits per heavy atom. The highest BCUT2D eigenvalue weighted by Gasteiger charge is 2.18. The second-order valence-electron chi connectivity index (χ2n) is 2.68. The minimum Gasteiger partial charge on any atom is -0.376 e. The van der Waals surface area contributed by atoms with Gasteiger partial charge in [-0.2, -0.15) is 0 Å². The summed E-state index contributed by atoms with van der Waals surface area (Å²) >= 11 is 4.81. The van der Waals surface area contributed by atoms with Crippen LogP contribution >= 0.6 is 12.2 Å². The molecule has 0 aromatic carbocycles. The van der Waals surface area contributed by atoms with E-state index in [-0.39, 0.29) is 0 Å². The molecular weight excluding hydrogens is 132 g/mol. The van der Waals surface area contributed by atoms with E-state index in [9.17, 15) is 0 Å². The Bertz CT molecular complexity index is 124. The number of nitrogens with two attached hydrogens (primary N) is 1. The molecule has 9 heavy (non-hydrogen) atoms. The molecule has 1 fully saturated rings. The quantitative estimate of drug-likeness (QED) is 0.504. The molecule has 0 radical (unpaired) electrons. The molecule has 1 saturated heterocycles. The van der Waals surface area contributed by atoms with E-state index in [0.29, 0.717) is 5.11 Å². The van der Waals surface area contributed by atoms with Gasteiger partial charge in [-0.05, 0) is 24.6 Å². The summed E-state index contributed by atoms with van der Waals surface area (Å²) in [6.45, 7) is 4.32. The minimum atomic E-state index is 0.555. The van der Waals surface area contributed by atoms with Crippen LogP contribution in [0.3, 0.4) is 0 Å². The molecule has 0 bridgehead atoms. The molecule has 0 aromatic heterocycles. The van der Waals surface area contributed by atoms with E-state index in [0.717, 1.165) is 19.0 Å². The first-order chi connectivity index (χ1) is 4.20. The highest BCUT2D eigenvalue weighted by atomic mass is 32.1. The van der Waals surface area contributed by atoms with Crippen LogP contribution in [0.4, 0.5) is 0 Å². The van der Waals surface area contributed by atoms with Crippen molar-refractivity contribution in [2.75, 3.05) is 13.1 Å². The fourth-order valence-corrected chi connectivity index (χ4v) is 1.30. The number of rotatable bonds is 0. The van der Waals surface area contributed by atoms with E-state index < -0.39 is 0 Å². The van der Waals surface area contributed by atoms with Crippen molar-refractivity contribution >= 4 is 17.3 Å². The largest absolute Gasteiger partial charge is 0.376 e. The molecule has 1 atom stereocenters. The second kappa shape index (κ2) is 2.52. The molecule has 52 valence electrons. The number of hydrogen-bond acceptors (Lipinski definition) is 1. The molecule has 2 N–H and O–H groups in total. The number of thiocarbonyl (C=S) groups is 1. The van der Waals surface area contributed by atoms with Gasteiger partial charge < -0.3 is 10.6 Å². The molecule has 1 aliphatic rings. The van der Waals surface area contributed by atoms with Gasteiger partial charge in [0.05, 0.1) is 0 Å². The van der Waals surface area contributed by atoms with Crippen molar-refractivity contribution in [3.63, 3.8) is 0 Å². The molecule has 0 aromatic rings. The fraction of sp³-hybridized carbons (Fsp3) is 0.833. The maximum Gasteiger partial charge on any atom is 0.166 e. The van der Waals surface area contributed by atoms with Crippen molar-refractivity contribution in [3.8, 4) is 0 Å². The van der Waals surface area contributed by atoms with Crippen LogP contribution in [-0.4, -0.2) is 23.1 Å². The van der Waals surface area contributed by atoms with Crippen LogP contribution in [0, 0.1) is 5.92 Å². The summed E-state index contributed by atoms with van der Waals surface area (Å²) in [5.41, 5.74) is 5.42. The van der Waals surface area contributed by atoms with Crippen LogP contribution in [0.5, 0.6) is 0 Å². The van der Waals surface area contributed by atoms with Crippen LogP contribution in [0.25, 0.3) is 0 Å². The third-order valence-corrected chi connectivity index (χ3v) is 1.99. The van der Waals surface area contributed by atoms with Crippen molar-refractivity contribution in [1.82, 2.24) is 4.90 Å². The van der Waals surface area contributed by atoms with Crippen molar-refractivity contribution in [1.29, 1.82) is 0 Å². The first-order valence-electron chi connectivity index (χ1n) is 3.24. The summed E-state index contributed by atoms with van der Waals surface area (Å²) in [4.78, 5) is 2.06. The molecule has 1 heterocycles. The SMILES string of the molecule is C[C@@H]1CCN(C(N)=S)C1. The molecule has 0 unspecified atom stereocenters. The maximum absolute atomic E-state index is 5.42. The molecule has 1 rings (SSSR count). The zero-order valence-electron chi connectivity index (χ0n) is 5.63. The Morgan fingerprint density at radius 1 is 1.78 bits per heavy atom. The molecule has 3 heteroatoms. The third-order valence-electron chi connectivity index (χ3n) is 1.74. The summed E-state index contributed by atoms with van der Waals surface area (Å²) in [5.74, 6) is 0.770. The molecular formula is C6H12N2S. The van der Waals surface area contributed by atoms with Crippen LogP contribution in [0.15, 0.2) is 0 Å². The van der Waals surface area contributed by atoms with Crippen molar-refractivity contribution in [3.05, 3.63) is 0 Å². The maximum atomic E-state index is 5.42. The van der Waals surface area contributed by atoms with Gasteiger partial charge in [-0.1, -0.05) is 6.92 Å². The first kappa shape index (κ1) is 6.81. The lowest BCUT2D eigenvalue weighted by atomic mass is 10.2. The zero-order valence-corrected chi connectivity index (χ0v) is 6.45. The molecule has 0 amide bonds. The summed E-state index contributed by atoms with van der Waals surface area (Å²) in [7, 11) is 0. The van der Waals surface area contributed by atoms with Crippen molar-refractivity contribution < 1.29 is 0 Å². The Balaban J connectivity index is 2.39. The monoisotopic (exact) mass is 144 g/mol. The highest BCUT2D eigenvalue weighted by molar-refractivity contribution is 7.80. The van der Waals surface area contributed by atoms with Gasteiger partial charge >= 0.3 is 0 Å². The predicted octanol–water partition coefficient (Wildman–Crippen LogP) is 0.572. The Labute approximate surface area is 61.0 Å². The van der Waals surface area contributed by atoms with E-state index in [4.69, 9.17) is 18.0 Å². The lowest BCUT2D eigenvalue weighted by Crippen LogP contribution is -2.33. The molecule has 1 aliphatic heterocycles. The first-order valence-corrected chi connectivity index (χ1v) is 3.65. The van der Waals surface area contributed by atoms with Gasteiger partial charge in [0.25, 0.3) is 0 Å². The molecule has 0 saturated carbocycles. The average molecular weight is 144 g/mol. The summed E-state index contributed by atoms with van der Waals surface area (Å²) in [6.07, 6.45) is 1.23. The number of nitrogens with zero attached hydrogens (tertiary/aromatic N) is 1. The topological polar surface area (TPSA) is 29.3 Å². The van der Waals surface area contributed by atoms with Gasteiger partial charge in [-0.25, -0.2) is 0 Å². The van der Waals surface area contributed by atoms with Crippen molar-refractivity contribution in [2.45, 2.75) is 13.3 Å². The van der Waals surface area contributed by atoms with E-state index in [1.54, 1.807) is 0 Å². The average Bonchev–Trinajstić information content (AvgIpc) is 2.14. The lowest BCUT2D eigenvalue weighted by Gasteiger charge is -2.13. The predicted molar refractivity (Wildman–Crippen MR) is 42.1 cm³/mol. The summed E-state index contributed by atoms with van der Waals surface area (Å²) in [5, 5.41) is 0.555. The van der Waals surface area contributed by atoms with Crippen LogP contribution in [0.1, 0.15) is 13.3 Å². The molecule has 0 aliphatic carbocycles. The van der Waals surface area contributed by atoms with Gasteiger partial charge in [-0.3, -0.25) is 0 Å². The Kier molecular flexibility index (Phi) is 1.90. The third kappa shape index (κ3) is 1.55. The molecule has 0 spiro atoms. The van der Waals surface area contributed by atoms with Crippen LogP contribution in [-0.2, 0) is 0 Å². The minimum absolute atomic E-state index is 0.555. The normalized spacial score (nSPS) is 26.8. The van der Waals surface area contributed by atoms with Crippen LogP contribution in [0.2, 0.25) is 0 Å². The summed E-state index contributed by atoms with van der Waals surface area (Å²) < 4.78 is 0. The van der Waals surface area contributed by atoms with Crippen LogP contribution < -0.4 is 5.73 Å². The van der Waals surface area contributed by atoms with Gasteiger partial charge in [0.15, 0.2) is 5.11 Å². The van der Waals surface area contributed by atoms with Gasteiger partial charge in [0, 0.05) is 13.1 Å². The Hall–Kier alpha value is -0.310. The van der Waals surface area contributed by atoms with Gasteiger partial charge in [-0.15, -0.1) is 0 Å². The fourth-order valence-electron chi connectivity index (χ4n) is 1.14. The van der Waals surface area contributed by atoms with E-state index in [2.05, 4.69) is 11.8 Å². The standard InChI is InChI=1S/C6H12N2S/c1-5-2-3-8(4-5)6(7)9/h5H,2-4H2,1H3,(H2,7,9)/t5-/m1/s1. The second-order valence-corrected chi connectivity index (χ2v) is 3.10. The smallest absolute Gasteiger partial charge is 0.166 e. The van der Waals surface area contributed by atoms with Crippen molar-refractivity contribution in [2.24, 2.45) is 11.7 Å². The highest BCUT2D eigenvalue weighted by Crippen LogP contribution is 2.13. The number of hydrogen-bond donors (Lipinski definition) is 1. The zero-order chi connectivity index (χ0) is 6.85. The van der Waals surface area contributed by atoms with Gasteiger partial charge in [0.2, 0.25) is 0 Å². The number of likely N-dealkylation sites (tertiary alicyclic amines) is 1. The van der Waals surface area contributed by atoms with E-state index >= 15 is 0 Å². The van der Waals surface area contributed by atoms with E-state index in [1.807, 2.05) is 0 Å². The van der Waals surface area contributed by atoms with Gasteiger partial charge in [0.1, 0.15) is 0 Å². The molecule has 2 nitrogen and oxygen atoms in total.